The second kappa shape index (κ2) is 4.45. The Kier molecular flexibility index (Phi) is 3.88. The van der Waals surface area contributed by atoms with Crippen LogP contribution in [0.3, 0.4) is 0 Å². The molecule has 0 spiro atoms. The number of alkyl halides is 3. The molecule has 0 bridgehead atoms. The minimum Gasteiger partial charge on any atom is -0.310 e. The van der Waals surface area contributed by atoms with E-state index in [9.17, 15) is 13.2 Å². The standard InChI is InChI=1S/C13H24F3N/c1-9(7-6-8-13(14,15)16)17-10-11(2,3)12(10,4)5/h9-10,17H,6-8H2,1-5H3. The largest absolute Gasteiger partial charge is 0.389 e. The van der Waals surface area contributed by atoms with Crippen molar-refractivity contribution in [2.24, 2.45) is 10.8 Å². The Morgan fingerprint density at radius 1 is 1.12 bits per heavy atom. The number of nitrogens with one attached hydrogen (secondary N) is 1. The lowest BCUT2D eigenvalue weighted by Gasteiger charge is -2.16. The summed E-state index contributed by atoms with van der Waals surface area (Å²) in [7, 11) is 0. The minimum absolute atomic E-state index is 0.156. The van der Waals surface area contributed by atoms with Crippen LogP contribution in [0.25, 0.3) is 0 Å². The van der Waals surface area contributed by atoms with Gasteiger partial charge in [-0.05, 0) is 30.6 Å². The second-order valence-electron chi connectivity index (χ2n) is 6.45. The zero-order valence-electron chi connectivity index (χ0n) is 11.4. The molecule has 1 aliphatic rings. The molecule has 1 N–H and O–H groups in total. The van der Waals surface area contributed by atoms with E-state index in [1.54, 1.807) is 0 Å². The zero-order chi connectivity index (χ0) is 13.5. The molecular weight excluding hydrogens is 227 g/mol. The summed E-state index contributed by atoms with van der Waals surface area (Å²) in [4.78, 5) is 0. The molecular formula is C13H24F3N. The van der Waals surface area contributed by atoms with E-state index in [-0.39, 0.29) is 23.3 Å². The van der Waals surface area contributed by atoms with Crippen molar-refractivity contribution in [1.82, 2.24) is 5.32 Å². The van der Waals surface area contributed by atoms with Crippen LogP contribution < -0.4 is 5.32 Å². The Morgan fingerprint density at radius 2 is 1.59 bits per heavy atom. The van der Waals surface area contributed by atoms with Gasteiger partial charge in [0, 0.05) is 18.5 Å². The molecule has 0 amide bonds. The van der Waals surface area contributed by atoms with Crippen molar-refractivity contribution in [3.63, 3.8) is 0 Å². The van der Waals surface area contributed by atoms with Crippen LogP contribution in [-0.4, -0.2) is 18.3 Å². The fourth-order valence-corrected chi connectivity index (χ4v) is 2.59. The summed E-state index contributed by atoms with van der Waals surface area (Å²) in [6.45, 7) is 10.8. The first-order chi connectivity index (χ1) is 7.48. The quantitative estimate of drug-likeness (QED) is 0.774. The zero-order valence-corrected chi connectivity index (χ0v) is 11.4. The summed E-state index contributed by atoms with van der Waals surface area (Å²) in [5.74, 6) is 0. The predicted molar refractivity (Wildman–Crippen MR) is 63.9 cm³/mol. The van der Waals surface area contributed by atoms with E-state index in [0.717, 1.165) is 0 Å². The number of rotatable bonds is 5. The lowest BCUT2D eigenvalue weighted by molar-refractivity contribution is -0.135. The van der Waals surface area contributed by atoms with Crippen LogP contribution >= 0.6 is 0 Å². The summed E-state index contributed by atoms with van der Waals surface area (Å²) in [6, 6.07) is 0.569. The molecule has 102 valence electrons. The average Bonchev–Trinajstić information content (AvgIpc) is 2.45. The highest BCUT2D eigenvalue weighted by Gasteiger charge is 2.64. The highest BCUT2D eigenvalue weighted by Crippen LogP contribution is 2.62. The monoisotopic (exact) mass is 251 g/mol. The molecule has 1 atom stereocenters. The van der Waals surface area contributed by atoms with E-state index in [0.29, 0.717) is 12.5 Å². The van der Waals surface area contributed by atoms with Crippen molar-refractivity contribution in [3.8, 4) is 0 Å². The van der Waals surface area contributed by atoms with Gasteiger partial charge in [-0.15, -0.1) is 0 Å². The molecule has 0 aromatic rings. The first-order valence-corrected chi connectivity index (χ1v) is 6.31. The van der Waals surface area contributed by atoms with Crippen molar-refractivity contribution in [1.29, 1.82) is 0 Å². The number of hydrogen-bond acceptors (Lipinski definition) is 1. The van der Waals surface area contributed by atoms with Gasteiger partial charge in [0.2, 0.25) is 0 Å². The van der Waals surface area contributed by atoms with Crippen molar-refractivity contribution in [3.05, 3.63) is 0 Å². The second-order valence-corrected chi connectivity index (χ2v) is 6.45. The molecule has 1 unspecified atom stereocenters. The van der Waals surface area contributed by atoms with Gasteiger partial charge >= 0.3 is 6.18 Å². The molecule has 0 aliphatic heterocycles. The molecule has 1 fully saturated rings. The number of halogens is 3. The van der Waals surface area contributed by atoms with Gasteiger partial charge in [0.05, 0.1) is 0 Å². The summed E-state index contributed by atoms with van der Waals surface area (Å²) >= 11 is 0. The molecule has 1 rings (SSSR count). The smallest absolute Gasteiger partial charge is 0.310 e. The highest BCUT2D eigenvalue weighted by molar-refractivity contribution is 5.18. The Hall–Kier alpha value is -0.250. The summed E-state index contributed by atoms with van der Waals surface area (Å²) in [5.41, 5.74) is 0.483. The highest BCUT2D eigenvalue weighted by atomic mass is 19.4. The van der Waals surface area contributed by atoms with Gasteiger partial charge < -0.3 is 5.32 Å². The first-order valence-electron chi connectivity index (χ1n) is 6.31. The van der Waals surface area contributed by atoms with Crippen molar-refractivity contribution >= 4 is 0 Å². The Bertz CT molecular complexity index is 254. The van der Waals surface area contributed by atoms with Crippen LogP contribution in [0.4, 0.5) is 13.2 Å². The van der Waals surface area contributed by atoms with Gasteiger partial charge in [0.15, 0.2) is 0 Å². The van der Waals surface area contributed by atoms with E-state index in [2.05, 4.69) is 33.0 Å². The molecule has 17 heavy (non-hydrogen) atoms. The SMILES string of the molecule is CC(CCCC(F)(F)F)NC1C(C)(C)C1(C)C. The van der Waals surface area contributed by atoms with Gasteiger partial charge in [-0.2, -0.15) is 13.2 Å². The van der Waals surface area contributed by atoms with Crippen molar-refractivity contribution in [2.75, 3.05) is 0 Å². The van der Waals surface area contributed by atoms with Gasteiger partial charge in [0.1, 0.15) is 0 Å². The molecule has 0 aromatic carbocycles. The summed E-state index contributed by atoms with van der Waals surface area (Å²) in [5, 5.41) is 3.45. The van der Waals surface area contributed by atoms with Gasteiger partial charge in [-0.1, -0.05) is 27.7 Å². The van der Waals surface area contributed by atoms with E-state index in [1.165, 1.54) is 0 Å². The third-order valence-corrected chi connectivity index (χ3v) is 4.57. The van der Waals surface area contributed by atoms with Crippen LogP contribution in [0.15, 0.2) is 0 Å². The van der Waals surface area contributed by atoms with Crippen LogP contribution in [0.1, 0.15) is 53.9 Å². The van der Waals surface area contributed by atoms with E-state index >= 15 is 0 Å². The molecule has 0 aromatic heterocycles. The predicted octanol–water partition coefficient (Wildman–Crippen LogP) is 4.13. The van der Waals surface area contributed by atoms with E-state index < -0.39 is 12.6 Å². The van der Waals surface area contributed by atoms with Crippen LogP contribution in [0, 0.1) is 10.8 Å². The third-order valence-electron chi connectivity index (χ3n) is 4.57. The first kappa shape index (κ1) is 14.8. The fraction of sp³-hybridized carbons (Fsp3) is 1.00. The molecule has 1 saturated carbocycles. The van der Waals surface area contributed by atoms with E-state index in [4.69, 9.17) is 0 Å². The van der Waals surface area contributed by atoms with Crippen molar-refractivity contribution < 1.29 is 13.2 Å². The van der Waals surface area contributed by atoms with Crippen LogP contribution in [-0.2, 0) is 0 Å². The third kappa shape index (κ3) is 3.36. The summed E-state index contributed by atoms with van der Waals surface area (Å²) in [6.07, 6.45) is -3.89. The maximum atomic E-state index is 12.0. The lowest BCUT2D eigenvalue weighted by atomic mass is 10.0. The fourth-order valence-electron chi connectivity index (χ4n) is 2.59. The van der Waals surface area contributed by atoms with Crippen LogP contribution in [0.5, 0.6) is 0 Å². The van der Waals surface area contributed by atoms with Crippen molar-refractivity contribution in [2.45, 2.75) is 72.1 Å². The van der Waals surface area contributed by atoms with Gasteiger partial charge in [-0.3, -0.25) is 0 Å². The van der Waals surface area contributed by atoms with Crippen LogP contribution in [0.2, 0.25) is 0 Å². The molecule has 0 heterocycles. The number of hydrogen-bond donors (Lipinski definition) is 1. The molecule has 1 aliphatic carbocycles. The Labute approximate surface area is 102 Å². The molecule has 1 nitrogen and oxygen atoms in total. The Balaban J connectivity index is 2.26. The molecule has 4 heteroatoms. The maximum absolute atomic E-state index is 12.0. The topological polar surface area (TPSA) is 12.0 Å². The van der Waals surface area contributed by atoms with Gasteiger partial charge in [0.25, 0.3) is 0 Å². The summed E-state index contributed by atoms with van der Waals surface area (Å²) < 4.78 is 36.0. The average molecular weight is 251 g/mol. The van der Waals surface area contributed by atoms with E-state index in [1.807, 2.05) is 6.92 Å². The Morgan fingerprint density at radius 3 is 1.94 bits per heavy atom. The molecule has 0 radical (unpaired) electrons. The molecule has 0 saturated heterocycles. The normalized spacial score (nSPS) is 24.7. The minimum atomic E-state index is -4.02. The van der Waals surface area contributed by atoms with Gasteiger partial charge in [-0.25, -0.2) is 0 Å². The lowest BCUT2D eigenvalue weighted by Crippen LogP contribution is -2.32. The maximum Gasteiger partial charge on any atom is 0.389 e.